The van der Waals surface area contributed by atoms with Crippen LogP contribution in [0, 0.1) is 5.92 Å². The summed E-state index contributed by atoms with van der Waals surface area (Å²) < 4.78 is 0. The highest BCUT2D eigenvalue weighted by Crippen LogP contribution is 2.23. The summed E-state index contributed by atoms with van der Waals surface area (Å²) in [6.45, 7) is 9.05. The molecule has 0 bridgehead atoms. The van der Waals surface area contributed by atoms with Crippen molar-refractivity contribution in [2.45, 2.75) is 45.4 Å². The number of thiazole rings is 1. The lowest BCUT2D eigenvalue weighted by atomic mass is 9.93. The van der Waals surface area contributed by atoms with Crippen LogP contribution in [-0.2, 0) is 16.6 Å². The maximum Gasteiger partial charge on any atom is 0.224 e. The molecule has 112 valence electrons. The predicted octanol–water partition coefficient (Wildman–Crippen LogP) is 2.10. The van der Waals surface area contributed by atoms with Crippen molar-refractivity contribution >= 4 is 17.2 Å². The summed E-state index contributed by atoms with van der Waals surface area (Å²) in [5.74, 6) is 0.329. The Labute approximate surface area is 125 Å². The second-order valence-electron chi connectivity index (χ2n) is 6.46. The summed E-state index contributed by atoms with van der Waals surface area (Å²) in [6.07, 6.45) is 2.93. The summed E-state index contributed by atoms with van der Waals surface area (Å²) in [7, 11) is 0. The van der Waals surface area contributed by atoms with Gasteiger partial charge in [-0.15, -0.1) is 11.3 Å². The summed E-state index contributed by atoms with van der Waals surface area (Å²) in [4.78, 5) is 16.6. The molecule has 1 aromatic heterocycles. The molecule has 2 heterocycles. The van der Waals surface area contributed by atoms with E-state index < -0.39 is 0 Å². The summed E-state index contributed by atoms with van der Waals surface area (Å²) in [5.41, 5.74) is 1.24. The Balaban J connectivity index is 1.75. The Morgan fingerprint density at radius 3 is 2.95 bits per heavy atom. The molecule has 1 aliphatic rings. The van der Waals surface area contributed by atoms with Crippen molar-refractivity contribution in [2.24, 2.45) is 5.92 Å². The second kappa shape index (κ2) is 6.68. The zero-order valence-electron chi connectivity index (χ0n) is 12.7. The minimum Gasteiger partial charge on any atom is -0.355 e. The van der Waals surface area contributed by atoms with E-state index in [0.29, 0.717) is 6.54 Å². The Morgan fingerprint density at radius 2 is 2.35 bits per heavy atom. The van der Waals surface area contributed by atoms with Crippen LogP contribution >= 0.6 is 11.3 Å². The van der Waals surface area contributed by atoms with Gasteiger partial charge in [-0.3, -0.25) is 4.79 Å². The third kappa shape index (κ3) is 4.28. The van der Waals surface area contributed by atoms with E-state index in [1.165, 1.54) is 0 Å². The van der Waals surface area contributed by atoms with E-state index in [4.69, 9.17) is 0 Å². The van der Waals surface area contributed by atoms with Crippen molar-refractivity contribution in [3.8, 4) is 0 Å². The maximum absolute atomic E-state index is 12.0. The molecule has 0 saturated carbocycles. The van der Waals surface area contributed by atoms with Gasteiger partial charge >= 0.3 is 0 Å². The summed E-state index contributed by atoms with van der Waals surface area (Å²) in [6, 6.07) is 0. The molecule has 1 aromatic rings. The fourth-order valence-electron chi connectivity index (χ4n) is 2.28. The van der Waals surface area contributed by atoms with E-state index >= 15 is 0 Å². The third-order valence-electron chi connectivity index (χ3n) is 3.63. The number of aromatic nitrogens is 1. The minimum atomic E-state index is 0.103. The molecule has 1 aliphatic heterocycles. The topological polar surface area (TPSA) is 54.0 Å². The van der Waals surface area contributed by atoms with Crippen LogP contribution in [0.2, 0.25) is 0 Å². The number of carbonyl (C=O) groups excluding carboxylic acids is 1. The van der Waals surface area contributed by atoms with Gasteiger partial charge in [-0.05, 0) is 19.4 Å². The number of carbonyl (C=O) groups is 1. The molecule has 20 heavy (non-hydrogen) atoms. The average molecular weight is 295 g/mol. The average Bonchev–Trinajstić information content (AvgIpc) is 2.88. The van der Waals surface area contributed by atoms with Crippen LogP contribution in [0.5, 0.6) is 0 Å². The highest BCUT2D eigenvalue weighted by atomic mass is 32.1. The van der Waals surface area contributed by atoms with Gasteiger partial charge in [-0.2, -0.15) is 0 Å². The van der Waals surface area contributed by atoms with Crippen LogP contribution in [0.25, 0.3) is 0 Å². The van der Waals surface area contributed by atoms with Crippen molar-refractivity contribution in [3.63, 3.8) is 0 Å². The van der Waals surface area contributed by atoms with Crippen molar-refractivity contribution < 1.29 is 4.79 Å². The van der Waals surface area contributed by atoms with Gasteiger partial charge in [0.2, 0.25) is 5.91 Å². The van der Waals surface area contributed by atoms with Crippen LogP contribution in [0.15, 0.2) is 5.38 Å². The molecule has 2 rings (SSSR count). The zero-order valence-corrected chi connectivity index (χ0v) is 13.5. The molecule has 4 nitrogen and oxygen atoms in total. The van der Waals surface area contributed by atoms with Gasteiger partial charge in [0.1, 0.15) is 0 Å². The number of nitrogens with zero attached hydrogens (tertiary/aromatic N) is 1. The van der Waals surface area contributed by atoms with E-state index in [2.05, 4.69) is 41.8 Å². The molecule has 1 saturated heterocycles. The fraction of sp³-hybridized carbons (Fsp3) is 0.733. The lowest BCUT2D eigenvalue weighted by Gasteiger charge is -2.21. The maximum atomic E-state index is 12.0. The molecule has 1 atom stereocenters. The Morgan fingerprint density at radius 1 is 1.55 bits per heavy atom. The monoisotopic (exact) mass is 295 g/mol. The number of hydrogen-bond donors (Lipinski definition) is 2. The Hall–Kier alpha value is -0.940. The van der Waals surface area contributed by atoms with Crippen molar-refractivity contribution in [2.75, 3.05) is 19.6 Å². The largest absolute Gasteiger partial charge is 0.355 e. The van der Waals surface area contributed by atoms with E-state index in [1.807, 2.05) is 0 Å². The van der Waals surface area contributed by atoms with Crippen LogP contribution in [0.1, 0.15) is 44.3 Å². The summed E-state index contributed by atoms with van der Waals surface area (Å²) >= 11 is 1.69. The molecular weight excluding hydrogens is 270 g/mol. The SMILES string of the molecule is CC(C)(C)c1csc(CCNC(=O)C2CCCNC2)n1. The first-order valence-electron chi connectivity index (χ1n) is 7.40. The molecular formula is C15H25N3OS. The molecule has 2 N–H and O–H groups in total. The van der Waals surface area contributed by atoms with Crippen molar-refractivity contribution in [1.29, 1.82) is 0 Å². The zero-order chi connectivity index (χ0) is 14.6. The van der Waals surface area contributed by atoms with Gasteiger partial charge in [0, 0.05) is 30.3 Å². The highest BCUT2D eigenvalue weighted by Gasteiger charge is 2.21. The van der Waals surface area contributed by atoms with Crippen LogP contribution in [0.4, 0.5) is 0 Å². The van der Waals surface area contributed by atoms with E-state index in [1.54, 1.807) is 11.3 Å². The normalized spacial score (nSPS) is 19.9. The second-order valence-corrected chi connectivity index (χ2v) is 7.40. The molecule has 0 spiro atoms. The first-order valence-corrected chi connectivity index (χ1v) is 8.28. The van der Waals surface area contributed by atoms with Gasteiger partial charge in [0.25, 0.3) is 0 Å². The number of hydrogen-bond acceptors (Lipinski definition) is 4. The lowest BCUT2D eigenvalue weighted by Crippen LogP contribution is -2.41. The predicted molar refractivity (Wildman–Crippen MR) is 83.1 cm³/mol. The fourth-order valence-corrected chi connectivity index (χ4v) is 3.31. The van der Waals surface area contributed by atoms with Gasteiger partial charge in [0.15, 0.2) is 0 Å². The van der Waals surface area contributed by atoms with Gasteiger partial charge in [-0.25, -0.2) is 4.98 Å². The molecule has 5 heteroatoms. The van der Waals surface area contributed by atoms with Gasteiger partial charge in [-0.1, -0.05) is 20.8 Å². The van der Waals surface area contributed by atoms with Crippen molar-refractivity contribution in [1.82, 2.24) is 15.6 Å². The lowest BCUT2D eigenvalue weighted by molar-refractivity contribution is -0.125. The first-order chi connectivity index (χ1) is 9.47. The summed E-state index contributed by atoms with van der Waals surface area (Å²) in [5, 5.41) is 9.54. The molecule has 0 aromatic carbocycles. The van der Waals surface area contributed by atoms with Gasteiger partial charge in [0.05, 0.1) is 16.6 Å². The van der Waals surface area contributed by atoms with Crippen LogP contribution in [-0.4, -0.2) is 30.5 Å². The molecule has 0 aliphatic carbocycles. The molecule has 1 unspecified atom stereocenters. The van der Waals surface area contributed by atoms with Crippen molar-refractivity contribution in [3.05, 3.63) is 16.1 Å². The van der Waals surface area contributed by atoms with E-state index in [9.17, 15) is 4.79 Å². The van der Waals surface area contributed by atoms with Crippen LogP contribution in [0.3, 0.4) is 0 Å². The number of piperidine rings is 1. The number of amides is 1. The van der Waals surface area contributed by atoms with Crippen LogP contribution < -0.4 is 10.6 Å². The van der Waals surface area contributed by atoms with E-state index in [-0.39, 0.29) is 17.2 Å². The Bertz CT molecular complexity index is 444. The number of nitrogens with one attached hydrogen (secondary N) is 2. The van der Waals surface area contributed by atoms with E-state index in [0.717, 1.165) is 43.1 Å². The Kier molecular flexibility index (Phi) is 5.16. The minimum absolute atomic E-state index is 0.103. The molecule has 1 fully saturated rings. The first kappa shape index (κ1) is 15.4. The quantitative estimate of drug-likeness (QED) is 0.894. The standard InChI is InChI=1S/C15H25N3OS/c1-15(2,3)12-10-20-13(18-12)6-8-17-14(19)11-5-4-7-16-9-11/h10-11,16H,4-9H2,1-3H3,(H,17,19). The third-order valence-corrected chi connectivity index (χ3v) is 4.53. The molecule has 0 radical (unpaired) electrons. The van der Waals surface area contributed by atoms with Gasteiger partial charge < -0.3 is 10.6 Å². The number of rotatable bonds is 4. The highest BCUT2D eigenvalue weighted by molar-refractivity contribution is 7.09. The smallest absolute Gasteiger partial charge is 0.224 e. The molecule has 1 amide bonds.